The van der Waals surface area contributed by atoms with Crippen LogP contribution in [0, 0.1) is 6.92 Å². The highest BCUT2D eigenvalue weighted by Gasteiger charge is 2.22. The topological polar surface area (TPSA) is 53.7 Å². The quantitative estimate of drug-likeness (QED) is 0.722. The van der Waals surface area contributed by atoms with E-state index in [1.807, 2.05) is 65.3 Å². The van der Waals surface area contributed by atoms with Gasteiger partial charge in [0.1, 0.15) is 5.65 Å². The van der Waals surface area contributed by atoms with Gasteiger partial charge in [0.05, 0.1) is 12.1 Å². The molecule has 1 saturated heterocycles. The number of imidazole rings is 1. The third-order valence-corrected chi connectivity index (χ3v) is 4.94. The van der Waals surface area contributed by atoms with E-state index in [2.05, 4.69) is 14.9 Å². The minimum Gasteiger partial charge on any atom is -0.340 e. The van der Waals surface area contributed by atoms with Crippen molar-refractivity contribution in [2.45, 2.75) is 19.9 Å². The summed E-state index contributed by atoms with van der Waals surface area (Å²) in [6, 6.07) is 8.12. The van der Waals surface area contributed by atoms with Crippen LogP contribution in [0.3, 0.4) is 0 Å². The Bertz CT molecular complexity index is 897. The Morgan fingerprint density at radius 1 is 1.12 bits per heavy atom. The largest absolute Gasteiger partial charge is 0.340 e. The number of fused-ring (bicyclic) bond motifs is 1. The van der Waals surface area contributed by atoms with E-state index >= 15 is 0 Å². The molecular formula is C20H23N5O. The van der Waals surface area contributed by atoms with Crippen molar-refractivity contribution in [1.82, 2.24) is 24.2 Å². The predicted molar refractivity (Wildman–Crippen MR) is 99.7 cm³/mol. The highest BCUT2D eigenvalue weighted by molar-refractivity contribution is 5.78. The fraction of sp³-hybridized carbons (Fsp3) is 0.350. The van der Waals surface area contributed by atoms with Crippen LogP contribution in [0.15, 0.2) is 49.1 Å². The Balaban J connectivity index is 1.33. The Kier molecular flexibility index (Phi) is 4.67. The average molecular weight is 349 g/mol. The smallest absolute Gasteiger partial charge is 0.228 e. The third kappa shape index (κ3) is 3.60. The molecule has 0 atom stereocenters. The molecule has 3 aromatic heterocycles. The Hall–Kier alpha value is -2.73. The molecule has 0 radical (unpaired) electrons. The van der Waals surface area contributed by atoms with Crippen molar-refractivity contribution in [2.75, 3.05) is 26.2 Å². The maximum atomic E-state index is 12.6. The fourth-order valence-corrected chi connectivity index (χ4v) is 3.46. The molecule has 134 valence electrons. The number of carbonyl (C=O) groups excluding carboxylic acids is 1. The van der Waals surface area contributed by atoms with Gasteiger partial charge in [-0.25, -0.2) is 4.98 Å². The minimum atomic E-state index is 0.162. The molecule has 0 spiro atoms. The second kappa shape index (κ2) is 7.25. The number of aryl methyl sites for hydroxylation is 1. The van der Waals surface area contributed by atoms with Crippen molar-refractivity contribution >= 4 is 11.6 Å². The van der Waals surface area contributed by atoms with Crippen molar-refractivity contribution in [2.24, 2.45) is 0 Å². The zero-order valence-corrected chi connectivity index (χ0v) is 15.0. The second-order valence-corrected chi connectivity index (χ2v) is 6.84. The standard InChI is InChI=1S/C20H23N5O/c1-16-3-2-8-25-15-18(22-20(16)25)13-19(26)24-11-9-23(10-12-24)14-17-4-6-21-7-5-17/h2-8,15H,9-14H2,1H3. The first-order valence-electron chi connectivity index (χ1n) is 9.01. The molecular weight excluding hydrogens is 326 g/mol. The van der Waals surface area contributed by atoms with Gasteiger partial charge >= 0.3 is 0 Å². The van der Waals surface area contributed by atoms with E-state index in [-0.39, 0.29) is 5.91 Å². The summed E-state index contributed by atoms with van der Waals surface area (Å²) < 4.78 is 1.99. The molecule has 0 N–H and O–H groups in total. The van der Waals surface area contributed by atoms with Crippen molar-refractivity contribution in [3.8, 4) is 0 Å². The van der Waals surface area contributed by atoms with Gasteiger partial charge in [-0.2, -0.15) is 0 Å². The first-order chi connectivity index (χ1) is 12.7. The first-order valence-corrected chi connectivity index (χ1v) is 9.01. The number of hydrogen-bond donors (Lipinski definition) is 0. The maximum absolute atomic E-state index is 12.6. The van der Waals surface area contributed by atoms with E-state index in [1.54, 1.807) is 0 Å². The number of pyridine rings is 2. The van der Waals surface area contributed by atoms with Crippen molar-refractivity contribution in [1.29, 1.82) is 0 Å². The summed E-state index contributed by atoms with van der Waals surface area (Å²) in [4.78, 5) is 25.7. The summed E-state index contributed by atoms with van der Waals surface area (Å²) in [5, 5.41) is 0. The molecule has 4 heterocycles. The van der Waals surface area contributed by atoms with Gasteiger partial charge in [-0.3, -0.25) is 14.7 Å². The van der Waals surface area contributed by atoms with Gasteiger partial charge in [0.2, 0.25) is 5.91 Å². The fourth-order valence-electron chi connectivity index (χ4n) is 3.46. The molecule has 0 aliphatic carbocycles. The van der Waals surface area contributed by atoms with E-state index in [0.29, 0.717) is 6.42 Å². The molecule has 0 bridgehead atoms. The number of amides is 1. The SMILES string of the molecule is Cc1cccn2cc(CC(=O)N3CCN(Cc4ccncc4)CC3)nc12. The average Bonchev–Trinajstić information content (AvgIpc) is 3.07. The number of carbonyl (C=O) groups is 1. The predicted octanol–water partition coefficient (Wildman–Crippen LogP) is 1.92. The molecule has 4 rings (SSSR count). The molecule has 1 fully saturated rings. The second-order valence-electron chi connectivity index (χ2n) is 6.84. The van der Waals surface area contributed by atoms with Gasteiger partial charge in [0, 0.05) is 57.5 Å². The van der Waals surface area contributed by atoms with E-state index in [4.69, 9.17) is 0 Å². The summed E-state index contributed by atoms with van der Waals surface area (Å²) in [6.07, 6.45) is 7.95. The molecule has 0 saturated carbocycles. The Morgan fingerprint density at radius 3 is 2.62 bits per heavy atom. The molecule has 6 nitrogen and oxygen atoms in total. The molecule has 0 unspecified atom stereocenters. The summed E-state index contributed by atoms with van der Waals surface area (Å²) in [6.45, 7) is 6.30. The van der Waals surface area contributed by atoms with Gasteiger partial charge in [-0.1, -0.05) is 6.07 Å². The first kappa shape index (κ1) is 16.7. The normalized spacial score (nSPS) is 15.5. The molecule has 0 aromatic carbocycles. The summed E-state index contributed by atoms with van der Waals surface area (Å²) in [5.41, 5.74) is 4.15. The number of rotatable bonds is 4. The van der Waals surface area contributed by atoms with Gasteiger partial charge in [0.25, 0.3) is 0 Å². The van der Waals surface area contributed by atoms with Gasteiger partial charge in [-0.15, -0.1) is 0 Å². The summed E-state index contributed by atoms with van der Waals surface area (Å²) in [7, 11) is 0. The van der Waals surface area contributed by atoms with E-state index < -0.39 is 0 Å². The lowest BCUT2D eigenvalue weighted by Crippen LogP contribution is -2.48. The molecule has 1 aliphatic heterocycles. The van der Waals surface area contributed by atoms with Crippen LogP contribution >= 0.6 is 0 Å². The number of hydrogen-bond acceptors (Lipinski definition) is 4. The van der Waals surface area contributed by atoms with Crippen LogP contribution in [0.4, 0.5) is 0 Å². The van der Waals surface area contributed by atoms with Crippen LogP contribution < -0.4 is 0 Å². The van der Waals surface area contributed by atoms with Crippen LogP contribution in [0.1, 0.15) is 16.8 Å². The van der Waals surface area contributed by atoms with E-state index in [1.165, 1.54) is 5.56 Å². The van der Waals surface area contributed by atoms with E-state index in [9.17, 15) is 4.79 Å². The minimum absolute atomic E-state index is 0.162. The van der Waals surface area contributed by atoms with Crippen LogP contribution in [0.2, 0.25) is 0 Å². The van der Waals surface area contributed by atoms with Crippen LogP contribution in [-0.4, -0.2) is 56.3 Å². The number of aromatic nitrogens is 3. The maximum Gasteiger partial charge on any atom is 0.228 e. The zero-order valence-electron chi connectivity index (χ0n) is 15.0. The van der Waals surface area contributed by atoms with Gasteiger partial charge in [0.15, 0.2) is 0 Å². The van der Waals surface area contributed by atoms with Crippen LogP contribution in [-0.2, 0) is 17.8 Å². The van der Waals surface area contributed by atoms with Crippen LogP contribution in [0.5, 0.6) is 0 Å². The Labute approximate surface area is 153 Å². The molecule has 26 heavy (non-hydrogen) atoms. The molecule has 1 aliphatic rings. The molecule has 3 aromatic rings. The third-order valence-electron chi connectivity index (χ3n) is 4.94. The van der Waals surface area contributed by atoms with Crippen molar-refractivity contribution in [3.05, 3.63) is 65.9 Å². The van der Waals surface area contributed by atoms with Crippen molar-refractivity contribution < 1.29 is 4.79 Å². The highest BCUT2D eigenvalue weighted by atomic mass is 16.2. The van der Waals surface area contributed by atoms with E-state index in [0.717, 1.165) is 49.6 Å². The summed E-state index contributed by atoms with van der Waals surface area (Å²) >= 11 is 0. The zero-order chi connectivity index (χ0) is 17.9. The lowest BCUT2D eigenvalue weighted by molar-refractivity contribution is -0.132. The van der Waals surface area contributed by atoms with Crippen molar-refractivity contribution in [3.63, 3.8) is 0 Å². The Morgan fingerprint density at radius 2 is 1.88 bits per heavy atom. The summed E-state index contributed by atoms with van der Waals surface area (Å²) in [5.74, 6) is 0.162. The molecule has 6 heteroatoms. The monoisotopic (exact) mass is 349 g/mol. The van der Waals surface area contributed by atoms with Crippen LogP contribution in [0.25, 0.3) is 5.65 Å². The number of piperazine rings is 1. The van der Waals surface area contributed by atoms with Gasteiger partial charge < -0.3 is 9.30 Å². The lowest BCUT2D eigenvalue weighted by atomic mass is 10.2. The number of nitrogens with zero attached hydrogens (tertiary/aromatic N) is 5. The highest BCUT2D eigenvalue weighted by Crippen LogP contribution is 2.13. The molecule has 1 amide bonds. The lowest BCUT2D eigenvalue weighted by Gasteiger charge is -2.34. The van der Waals surface area contributed by atoms with Gasteiger partial charge in [-0.05, 0) is 36.2 Å².